The molecule has 1 amide bonds. The smallest absolute Gasteiger partial charge is 0.276 e. The first-order valence-electron chi connectivity index (χ1n) is 10.4. The molecule has 0 saturated carbocycles. The lowest BCUT2D eigenvalue weighted by Gasteiger charge is -2.30. The second kappa shape index (κ2) is 7.86. The van der Waals surface area contributed by atoms with Crippen LogP contribution >= 0.6 is 0 Å². The third kappa shape index (κ3) is 3.54. The van der Waals surface area contributed by atoms with Crippen LogP contribution in [0, 0.1) is 6.92 Å². The first kappa shape index (κ1) is 19.3. The number of ether oxygens (including phenoxy) is 1. The summed E-state index contributed by atoms with van der Waals surface area (Å²) in [6, 6.07) is 15.6. The Labute approximate surface area is 179 Å². The predicted molar refractivity (Wildman–Crippen MR) is 117 cm³/mol. The summed E-state index contributed by atoms with van der Waals surface area (Å²) in [6.45, 7) is 3.21. The van der Waals surface area contributed by atoms with Crippen LogP contribution in [0.1, 0.15) is 40.8 Å². The van der Waals surface area contributed by atoms with Crippen LogP contribution in [0.5, 0.6) is 5.75 Å². The van der Waals surface area contributed by atoms with Gasteiger partial charge in [0.1, 0.15) is 11.6 Å². The lowest BCUT2D eigenvalue weighted by molar-refractivity contribution is 0.0704. The zero-order valence-corrected chi connectivity index (χ0v) is 17.6. The van der Waals surface area contributed by atoms with Crippen LogP contribution in [-0.2, 0) is 0 Å². The minimum absolute atomic E-state index is 0.0743. The predicted octanol–water partition coefficient (Wildman–Crippen LogP) is 3.48. The van der Waals surface area contributed by atoms with E-state index < -0.39 is 0 Å². The number of benzene rings is 2. The lowest BCUT2D eigenvalue weighted by atomic mass is 9.96. The first-order valence-corrected chi connectivity index (χ1v) is 10.4. The summed E-state index contributed by atoms with van der Waals surface area (Å²) in [5.74, 6) is 1.99. The zero-order valence-electron chi connectivity index (χ0n) is 17.6. The summed E-state index contributed by atoms with van der Waals surface area (Å²) < 4.78 is 6.96. The zero-order chi connectivity index (χ0) is 21.4. The van der Waals surface area contributed by atoms with E-state index in [1.807, 2.05) is 60.4 Å². The van der Waals surface area contributed by atoms with Gasteiger partial charge in [0.15, 0.2) is 5.69 Å². The van der Waals surface area contributed by atoms with E-state index in [0.717, 1.165) is 46.8 Å². The van der Waals surface area contributed by atoms with Crippen LogP contribution in [0.25, 0.3) is 16.7 Å². The van der Waals surface area contributed by atoms with E-state index in [4.69, 9.17) is 9.72 Å². The van der Waals surface area contributed by atoms with Gasteiger partial charge in [-0.15, -0.1) is 5.10 Å². The lowest BCUT2D eigenvalue weighted by Crippen LogP contribution is -2.38. The third-order valence-corrected chi connectivity index (χ3v) is 5.97. The molecule has 0 unspecified atom stereocenters. The van der Waals surface area contributed by atoms with Crippen LogP contribution in [0.3, 0.4) is 0 Å². The SMILES string of the molecule is COc1cccc(-n2nnc(C(=O)N3CCC(c4nc5ccccc5[nH]4)CC3)c2C)c1. The second-order valence-electron chi connectivity index (χ2n) is 7.84. The summed E-state index contributed by atoms with van der Waals surface area (Å²) in [5.41, 5.74) is 3.97. The molecule has 2 aromatic heterocycles. The van der Waals surface area contributed by atoms with Crippen molar-refractivity contribution in [2.24, 2.45) is 0 Å². The monoisotopic (exact) mass is 416 g/mol. The van der Waals surface area contributed by atoms with Crippen LogP contribution in [0.2, 0.25) is 0 Å². The number of carbonyl (C=O) groups excluding carboxylic acids is 1. The van der Waals surface area contributed by atoms with Gasteiger partial charge in [-0.1, -0.05) is 23.4 Å². The molecule has 0 spiro atoms. The van der Waals surface area contributed by atoms with Crippen LogP contribution in [-0.4, -0.2) is 56.0 Å². The topological polar surface area (TPSA) is 88.9 Å². The van der Waals surface area contributed by atoms with Gasteiger partial charge >= 0.3 is 0 Å². The van der Waals surface area contributed by atoms with Crippen molar-refractivity contribution in [3.63, 3.8) is 0 Å². The number of para-hydroxylation sites is 2. The number of hydrogen-bond acceptors (Lipinski definition) is 5. The highest BCUT2D eigenvalue weighted by Gasteiger charge is 2.29. The fourth-order valence-corrected chi connectivity index (χ4v) is 4.19. The number of imidazole rings is 1. The maximum atomic E-state index is 13.1. The van der Waals surface area contributed by atoms with E-state index >= 15 is 0 Å². The maximum Gasteiger partial charge on any atom is 0.276 e. The molecule has 0 radical (unpaired) electrons. The molecule has 0 atom stereocenters. The molecular weight excluding hydrogens is 392 g/mol. The molecule has 1 N–H and O–H groups in total. The van der Waals surface area contributed by atoms with Crippen molar-refractivity contribution >= 4 is 16.9 Å². The molecule has 1 aliphatic heterocycles. The van der Waals surface area contributed by atoms with Crippen molar-refractivity contribution in [3.8, 4) is 11.4 Å². The Morgan fingerprint density at radius 2 is 1.94 bits per heavy atom. The van der Waals surface area contributed by atoms with Crippen molar-refractivity contribution in [2.45, 2.75) is 25.7 Å². The van der Waals surface area contributed by atoms with Gasteiger partial charge in [-0.05, 0) is 44.0 Å². The van der Waals surface area contributed by atoms with Gasteiger partial charge in [-0.3, -0.25) is 4.79 Å². The molecule has 5 rings (SSSR count). The number of H-pyrrole nitrogens is 1. The number of fused-ring (bicyclic) bond motifs is 1. The van der Waals surface area contributed by atoms with Crippen molar-refractivity contribution in [1.29, 1.82) is 0 Å². The van der Waals surface area contributed by atoms with Gasteiger partial charge < -0.3 is 14.6 Å². The molecule has 0 bridgehead atoms. The van der Waals surface area contributed by atoms with Crippen molar-refractivity contribution in [3.05, 3.63) is 65.7 Å². The van der Waals surface area contributed by atoms with E-state index in [1.165, 1.54) is 0 Å². The molecule has 1 saturated heterocycles. The van der Waals surface area contributed by atoms with Gasteiger partial charge in [-0.25, -0.2) is 9.67 Å². The third-order valence-electron chi connectivity index (χ3n) is 5.97. The highest BCUT2D eigenvalue weighted by Crippen LogP contribution is 2.28. The number of likely N-dealkylation sites (tertiary alicyclic amines) is 1. The van der Waals surface area contributed by atoms with Gasteiger partial charge in [0.05, 0.1) is 29.5 Å². The van der Waals surface area contributed by atoms with Crippen LogP contribution in [0.15, 0.2) is 48.5 Å². The average Bonchev–Trinajstić information content (AvgIpc) is 3.42. The van der Waals surface area contributed by atoms with Crippen molar-refractivity contribution in [2.75, 3.05) is 20.2 Å². The Hall–Kier alpha value is -3.68. The second-order valence-corrected chi connectivity index (χ2v) is 7.84. The molecule has 3 heterocycles. The standard InChI is InChI=1S/C23H24N6O2/c1-15-21(26-27-29(15)17-6-5-7-18(14-17)31-2)23(30)28-12-10-16(11-13-28)22-24-19-8-3-4-9-20(19)25-22/h3-9,14,16H,10-13H2,1-2H3,(H,24,25). The number of hydrogen-bond donors (Lipinski definition) is 1. The minimum atomic E-state index is -0.0743. The number of nitrogens with zero attached hydrogens (tertiary/aromatic N) is 5. The number of aromatic nitrogens is 5. The maximum absolute atomic E-state index is 13.1. The van der Waals surface area contributed by atoms with Gasteiger partial charge in [-0.2, -0.15) is 0 Å². The van der Waals surface area contributed by atoms with Crippen LogP contribution in [0.4, 0.5) is 0 Å². The summed E-state index contributed by atoms with van der Waals surface area (Å²) >= 11 is 0. The highest BCUT2D eigenvalue weighted by atomic mass is 16.5. The molecule has 4 aromatic rings. The molecule has 2 aromatic carbocycles. The van der Waals surface area contributed by atoms with E-state index in [2.05, 4.69) is 15.3 Å². The quantitative estimate of drug-likeness (QED) is 0.550. The number of amides is 1. The highest BCUT2D eigenvalue weighted by molar-refractivity contribution is 5.93. The van der Waals surface area contributed by atoms with Crippen molar-refractivity contribution in [1.82, 2.24) is 29.9 Å². The summed E-state index contributed by atoms with van der Waals surface area (Å²) in [6.07, 6.45) is 1.74. The van der Waals surface area contributed by atoms with E-state index in [0.29, 0.717) is 24.7 Å². The van der Waals surface area contributed by atoms with E-state index in [1.54, 1.807) is 11.8 Å². The van der Waals surface area contributed by atoms with Gasteiger partial charge in [0, 0.05) is 25.1 Å². The summed E-state index contributed by atoms with van der Waals surface area (Å²) in [4.78, 5) is 23.2. The minimum Gasteiger partial charge on any atom is -0.497 e. The van der Waals surface area contributed by atoms with Crippen LogP contribution < -0.4 is 4.74 Å². The number of aromatic amines is 1. The van der Waals surface area contributed by atoms with Crippen molar-refractivity contribution < 1.29 is 9.53 Å². The summed E-state index contributed by atoms with van der Waals surface area (Å²) in [7, 11) is 1.62. The summed E-state index contributed by atoms with van der Waals surface area (Å²) in [5, 5.41) is 8.40. The Morgan fingerprint density at radius 1 is 1.13 bits per heavy atom. The normalized spacial score (nSPS) is 14.8. The fourth-order valence-electron chi connectivity index (χ4n) is 4.19. The number of methoxy groups -OCH3 is 1. The molecular formula is C23H24N6O2. The Morgan fingerprint density at radius 3 is 2.71 bits per heavy atom. The largest absolute Gasteiger partial charge is 0.497 e. The first-order chi connectivity index (χ1) is 15.1. The molecule has 1 aliphatic rings. The molecule has 0 aliphatic carbocycles. The number of carbonyl (C=O) groups is 1. The number of rotatable bonds is 4. The van der Waals surface area contributed by atoms with E-state index in [-0.39, 0.29) is 5.91 Å². The van der Waals surface area contributed by atoms with Gasteiger partial charge in [0.25, 0.3) is 5.91 Å². The Bertz CT molecular complexity index is 1200. The molecule has 8 nitrogen and oxygen atoms in total. The number of nitrogens with one attached hydrogen (secondary N) is 1. The van der Waals surface area contributed by atoms with Gasteiger partial charge in [0.2, 0.25) is 0 Å². The fraction of sp³-hybridized carbons (Fsp3) is 0.304. The van der Waals surface area contributed by atoms with E-state index in [9.17, 15) is 4.79 Å². The molecule has 158 valence electrons. The Balaban J connectivity index is 1.30. The average molecular weight is 416 g/mol. The molecule has 31 heavy (non-hydrogen) atoms. The molecule has 8 heteroatoms. The number of piperidine rings is 1. The molecule has 1 fully saturated rings. The Kier molecular flexibility index (Phi) is 4.89.